The van der Waals surface area contributed by atoms with Gasteiger partial charge in [-0.15, -0.1) is 0 Å². The van der Waals surface area contributed by atoms with E-state index in [1.54, 1.807) is 0 Å². The molecule has 1 aromatic rings. The van der Waals surface area contributed by atoms with Crippen LogP contribution in [0.2, 0.25) is 0 Å². The highest BCUT2D eigenvalue weighted by Crippen LogP contribution is 2.34. The van der Waals surface area contributed by atoms with Crippen molar-refractivity contribution in [1.82, 2.24) is 0 Å². The molecular formula is C17H26N2. The van der Waals surface area contributed by atoms with Crippen molar-refractivity contribution in [2.24, 2.45) is 17.6 Å². The first-order chi connectivity index (χ1) is 9.28. The zero-order chi connectivity index (χ0) is 13.2. The third kappa shape index (κ3) is 2.64. The zero-order valence-corrected chi connectivity index (χ0v) is 12.0. The van der Waals surface area contributed by atoms with Crippen LogP contribution in [0.15, 0.2) is 24.3 Å². The van der Waals surface area contributed by atoms with E-state index in [1.165, 1.54) is 49.9 Å². The molecule has 0 radical (unpaired) electrons. The van der Waals surface area contributed by atoms with Gasteiger partial charge in [-0.2, -0.15) is 0 Å². The summed E-state index contributed by atoms with van der Waals surface area (Å²) in [4.78, 5) is 2.57. The summed E-state index contributed by atoms with van der Waals surface area (Å²) in [6, 6.07) is 9.27. The number of rotatable bonds is 3. The van der Waals surface area contributed by atoms with Gasteiger partial charge in [0.25, 0.3) is 0 Å². The Morgan fingerprint density at radius 1 is 1.26 bits per heavy atom. The number of hydrogen-bond acceptors (Lipinski definition) is 2. The van der Waals surface area contributed by atoms with E-state index in [9.17, 15) is 0 Å². The fourth-order valence-electron chi connectivity index (χ4n) is 3.84. The Balaban J connectivity index is 1.68. The Kier molecular flexibility index (Phi) is 3.79. The third-order valence-electron chi connectivity index (χ3n) is 5.17. The van der Waals surface area contributed by atoms with Crippen molar-refractivity contribution in [1.29, 1.82) is 0 Å². The van der Waals surface area contributed by atoms with Gasteiger partial charge in [0.05, 0.1) is 0 Å². The molecule has 1 fully saturated rings. The van der Waals surface area contributed by atoms with E-state index in [0.29, 0.717) is 12.0 Å². The lowest BCUT2D eigenvalue weighted by Crippen LogP contribution is -2.42. The molecule has 0 aromatic heterocycles. The molecule has 1 aliphatic heterocycles. The topological polar surface area (TPSA) is 29.3 Å². The minimum Gasteiger partial charge on any atom is -0.371 e. The van der Waals surface area contributed by atoms with Crippen LogP contribution in [-0.2, 0) is 6.42 Å². The van der Waals surface area contributed by atoms with Crippen molar-refractivity contribution in [3.63, 3.8) is 0 Å². The zero-order valence-electron chi connectivity index (χ0n) is 12.0. The number of nitrogens with two attached hydrogens (primary N) is 1. The number of anilines is 1. The Morgan fingerprint density at radius 3 is 2.95 bits per heavy atom. The second-order valence-corrected chi connectivity index (χ2v) is 6.34. The monoisotopic (exact) mass is 258 g/mol. The molecule has 2 N–H and O–H groups in total. The average Bonchev–Trinajstić information content (AvgIpc) is 2.85. The highest BCUT2D eigenvalue weighted by molar-refractivity contribution is 5.57. The van der Waals surface area contributed by atoms with Gasteiger partial charge in [-0.3, -0.25) is 0 Å². The van der Waals surface area contributed by atoms with Crippen LogP contribution >= 0.6 is 0 Å². The lowest BCUT2D eigenvalue weighted by Gasteiger charge is -2.36. The van der Waals surface area contributed by atoms with Crippen molar-refractivity contribution in [3.8, 4) is 0 Å². The van der Waals surface area contributed by atoms with Gasteiger partial charge in [0, 0.05) is 24.8 Å². The van der Waals surface area contributed by atoms with E-state index >= 15 is 0 Å². The lowest BCUT2D eigenvalue weighted by atomic mass is 9.77. The summed E-state index contributed by atoms with van der Waals surface area (Å²) in [6.45, 7) is 4.66. The van der Waals surface area contributed by atoms with E-state index in [1.807, 2.05) is 0 Å². The Bertz CT molecular complexity index is 429. The van der Waals surface area contributed by atoms with Crippen LogP contribution < -0.4 is 10.6 Å². The number of para-hydroxylation sites is 1. The van der Waals surface area contributed by atoms with Crippen molar-refractivity contribution in [3.05, 3.63) is 29.8 Å². The summed E-state index contributed by atoms with van der Waals surface area (Å²) in [5.41, 5.74) is 9.33. The van der Waals surface area contributed by atoms with Crippen LogP contribution in [0.25, 0.3) is 0 Å². The highest BCUT2D eigenvalue weighted by Gasteiger charge is 2.30. The maximum absolute atomic E-state index is 6.37. The summed E-state index contributed by atoms with van der Waals surface area (Å²) in [5, 5.41) is 0. The number of fused-ring (bicyclic) bond motifs is 1. The SMILES string of the molecule is CCC1CCC(N)C(CN2CCc3ccccc32)C1. The number of hydrogen-bond donors (Lipinski definition) is 1. The molecule has 0 amide bonds. The molecule has 2 heteroatoms. The fraction of sp³-hybridized carbons (Fsp3) is 0.647. The minimum absolute atomic E-state index is 0.413. The van der Waals surface area contributed by atoms with Gasteiger partial charge in [0.15, 0.2) is 0 Å². The smallest absolute Gasteiger partial charge is 0.0399 e. The van der Waals surface area contributed by atoms with E-state index in [4.69, 9.17) is 5.73 Å². The molecule has 3 unspecified atom stereocenters. The standard InChI is InChI=1S/C17H26N2/c1-2-13-7-8-16(18)15(11-13)12-19-10-9-14-5-3-4-6-17(14)19/h3-6,13,15-16H,2,7-12,18H2,1H3. The van der Waals surface area contributed by atoms with Gasteiger partial charge in [0.1, 0.15) is 0 Å². The third-order valence-corrected chi connectivity index (χ3v) is 5.17. The molecular weight excluding hydrogens is 232 g/mol. The van der Waals surface area contributed by atoms with Crippen molar-refractivity contribution in [2.45, 2.75) is 45.1 Å². The molecule has 1 aromatic carbocycles. The van der Waals surface area contributed by atoms with Gasteiger partial charge in [-0.05, 0) is 49.1 Å². The van der Waals surface area contributed by atoms with E-state index in [2.05, 4.69) is 36.1 Å². The lowest BCUT2D eigenvalue weighted by molar-refractivity contribution is 0.231. The molecule has 0 saturated heterocycles. The molecule has 2 aliphatic rings. The molecule has 104 valence electrons. The normalized spacial score (nSPS) is 30.4. The highest BCUT2D eigenvalue weighted by atomic mass is 15.1. The maximum atomic E-state index is 6.37. The van der Waals surface area contributed by atoms with Crippen LogP contribution in [0.3, 0.4) is 0 Å². The first-order valence-electron chi connectivity index (χ1n) is 7.86. The summed E-state index contributed by atoms with van der Waals surface area (Å²) in [6.07, 6.45) is 6.41. The Labute approximate surface area is 117 Å². The Morgan fingerprint density at radius 2 is 2.11 bits per heavy atom. The van der Waals surface area contributed by atoms with E-state index < -0.39 is 0 Å². The molecule has 0 bridgehead atoms. The van der Waals surface area contributed by atoms with Crippen LogP contribution in [0.5, 0.6) is 0 Å². The second-order valence-electron chi connectivity index (χ2n) is 6.34. The summed E-state index contributed by atoms with van der Waals surface area (Å²) < 4.78 is 0. The van der Waals surface area contributed by atoms with Gasteiger partial charge < -0.3 is 10.6 Å². The van der Waals surface area contributed by atoms with Gasteiger partial charge in [-0.1, -0.05) is 31.5 Å². The predicted molar refractivity (Wildman–Crippen MR) is 81.5 cm³/mol. The maximum Gasteiger partial charge on any atom is 0.0399 e. The molecule has 0 spiro atoms. The molecule has 3 rings (SSSR count). The molecule has 2 nitrogen and oxygen atoms in total. The number of nitrogens with zero attached hydrogens (tertiary/aromatic N) is 1. The fourth-order valence-corrected chi connectivity index (χ4v) is 3.84. The summed E-state index contributed by atoms with van der Waals surface area (Å²) in [7, 11) is 0. The van der Waals surface area contributed by atoms with Crippen LogP contribution in [0.1, 0.15) is 38.2 Å². The predicted octanol–water partition coefficient (Wildman–Crippen LogP) is 3.20. The van der Waals surface area contributed by atoms with Crippen molar-refractivity contribution in [2.75, 3.05) is 18.0 Å². The molecule has 19 heavy (non-hydrogen) atoms. The van der Waals surface area contributed by atoms with Gasteiger partial charge >= 0.3 is 0 Å². The first kappa shape index (κ1) is 13.0. The van der Waals surface area contributed by atoms with E-state index in [-0.39, 0.29) is 0 Å². The average molecular weight is 258 g/mol. The largest absolute Gasteiger partial charge is 0.371 e. The molecule has 3 atom stereocenters. The van der Waals surface area contributed by atoms with Crippen LogP contribution in [0.4, 0.5) is 5.69 Å². The van der Waals surface area contributed by atoms with Crippen molar-refractivity contribution < 1.29 is 0 Å². The van der Waals surface area contributed by atoms with Gasteiger partial charge in [0.2, 0.25) is 0 Å². The summed E-state index contributed by atoms with van der Waals surface area (Å²) in [5.74, 6) is 1.59. The second kappa shape index (κ2) is 5.54. The molecule has 1 aliphatic carbocycles. The molecule has 1 saturated carbocycles. The quantitative estimate of drug-likeness (QED) is 0.902. The van der Waals surface area contributed by atoms with Gasteiger partial charge in [-0.25, -0.2) is 0 Å². The van der Waals surface area contributed by atoms with Crippen molar-refractivity contribution >= 4 is 5.69 Å². The first-order valence-corrected chi connectivity index (χ1v) is 7.86. The summed E-state index contributed by atoms with van der Waals surface area (Å²) >= 11 is 0. The molecule has 1 heterocycles. The Hall–Kier alpha value is -1.02. The number of benzene rings is 1. The van der Waals surface area contributed by atoms with Crippen LogP contribution in [0, 0.1) is 11.8 Å². The van der Waals surface area contributed by atoms with Crippen LogP contribution in [-0.4, -0.2) is 19.1 Å². The van der Waals surface area contributed by atoms with E-state index in [0.717, 1.165) is 12.5 Å². The minimum atomic E-state index is 0.413.